The highest BCUT2D eigenvalue weighted by atomic mass is 32.1. The summed E-state index contributed by atoms with van der Waals surface area (Å²) in [7, 11) is 0. The van der Waals surface area contributed by atoms with Gasteiger partial charge in [0.1, 0.15) is 17.0 Å². The van der Waals surface area contributed by atoms with E-state index in [0.717, 1.165) is 15.8 Å². The number of aromatic nitrogens is 1. The Hall–Kier alpha value is -3.52. The predicted octanol–water partition coefficient (Wildman–Crippen LogP) is 4.79. The third kappa shape index (κ3) is 3.94. The minimum atomic E-state index is -0.0905. The molecule has 2 aromatic carbocycles. The molecule has 0 aliphatic carbocycles. The molecule has 0 fully saturated rings. The summed E-state index contributed by atoms with van der Waals surface area (Å²) < 4.78 is 23.0. The van der Waals surface area contributed by atoms with Crippen LogP contribution in [0.2, 0.25) is 0 Å². The van der Waals surface area contributed by atoms with Crippen LogP contribution in [0.1, 0.15) is 18.2 Å². The average molecular weight is 436 g/mol. The van der Waals surface area contributed by atoms with E-state index in [1.807, 2.05) is 49.4 Å². The standard InChI is InChI=1S/C23H20N2O5S/c1-2-27-18-6-3-7-20-22(18)24-23(31-20)25(13-16-5-4-10-28-16)21(26)12-15-8-9-17-19(11-15)30-14-29-17/h3-11H,2,12-14H2,1H3. The van der Waals surface area contributed by atoms with Crippen molar-refractivity contribution in [3.63, 3.8) is 0 Å². The highest BCUT2D eigenvalue weighted by Gasteiger charge is 2.23. The molecule has 0 atom stereocenters. The van der Waals surface area contributed by atoms with E-state index in [1.165, 1.54) is 11.3 Å². The number of hydrogen-bond donors (Lipinski definition) is 0. The number of carbonyl (C=O) groups excluding carboxylic acids is 1. The fourth-order valence-electron chi connectivity index (χ4n) is 3.44. The highest BCUT2D eigenvalue weighted by Crippen LogP contribution is 2.36. The molecule has 0 spiro atoms. The number of rotatable bonds is 7. The van der Waals surface area contributed by atoms with E-state index in [1.54, 1.807) is 17.2 Å². The molecule has 2 aromatic heterocycles. The summed E-state index contributed by atoms with van der Waals surface area (Å²) in [5.74, 6) is 2.65. The molecule has 4 aromatic rings. The largest absolute Gasteiger partial charge is 0.492 e. The van der Waals surface area contributed by atoms with Crippen LogP contribution in [0.5, 0.6) is 17.2 Å². The first-order valence-electron chi connectivity index (χ1n) is 9.95. The first-order valence-corrected chi connectivity index (χ1v) is 10.8. The number of nitrogens with zero attached hydrogens (tertiary/aromatic N) is 2. The zero-order valence-electron chi connectivity index (χ0n) is 16.9. The zero-order valence-corrected chi connectivity index (χ0v) is 17.7. The lowest BCUT2D eigenvalue weighted by molar-refractivity contribution is -0.118. The van der Waals surface area contributed by atoms with E-state index in [4.69, 9.17) is 23.6 Å². The molecule has 0 saturated carbocycles. The molecule has 1 aliphatic rings. The minimum absolute atomic E-state index is 0.0905. The summed E-state index contributed by atoms with van der Waals surface area (Å²) >= 11 is 1.45. The molecule has 3 heterocycles. The van der Waals surface area contributed by atoms with Crippen molar-refractivity contribution in [2.24, 2.45) is 0 Å². The fourth-order valence-corrected chi connectivity index (χ4v) is 4.44. The van der Waals surface area contributed by atoms with E-state index in [9.17, 15) is 4.79 Å². The van der Waals surface area contributed by atoms with Gasteiger partial charge >= 0.3 is 0 Å². The summed E-state index contributed by atoms with van der Waals surface area (Å²) in [6, 6.07) is 15.0. The van der Waals surface area contributed by atoms with Crippen LogP contribution in [0.25, 0.3) is 10.2 Å². The Balaban J connectivity index is 1.47. The molecule has 1 aliphatic heterocycles. The van der Waals surface area contributed by atoms with Gasteiger partial charge in [-0.15, -0.1) is 0 Å². The van der Waals surface area contributed by atoms with E-state index < -0.39 is 0 Å². The maximum absolute atomic E-state index is 13.4. The van der Waals surface area contributed by atoms with Gasteiger partial charge in [0.15, 0.2) is 16.6 Å². The Morgan fingerprint density at radius 3 is 2.90 bits per heavy atom. The highest BCUT2D eigenvalue weighted by molar-refractivity contribution is 7.22. The maximum atomic E-state index is 13.4. The van der Waals surface area contributed by atoms with Gasteiger partial charge in [-0.2, -0.15) is 0 Å². The van der Waals surface area contributed by atoms with Crippen LogP contribution in [0.3, 0.4) is 0 Å². The summed E-state index contributed by atoms with van der Waals surface area (Å²) in [6.07, 6.45) is 1.80. The zero-order chi connectivity index (χ0) is 21.2. The Morgan fingerprint density at radius 1 is 1.16 bits per heavy atom. The number of amides is 1. The summed E-state index contributed by atoms with van der Waals surface area (Å²) in [6.45, 7) is 2.97. The van der Waals surface area contributed by atoms with Crippen molar-refractivity contribution in [3.05, 3.63) is 66.1 Å². The quantitative estimate of drug-likeness (QED) is 0.415. The van der Waals surface area contributed by atoms with Gasteiger partial charge < -0.3 is 18.6 Å². The number of furan rings is 1. The molecule has 0 bridgehead atoms. The van der Waals surface area contributed by atoms with E-state index in [0.29, 0.717) is 41.3 Å². The molecule has 31 heavy (non-hydrogen) atoms. The Bertz CT molecular complexity index is 1220. The van der Waals surface area contributed by atoms with Crippen molar-refractivity contribution >= 4 is 32.6 Å². The normalized spacial score (nSPS) is 12.3. The van der Waals surface area contributed by atoms with Crippen LogP contribution in [-0.4, -0.2) is 24.3 Å². The smallest absolute Gasteiger partial charge is 0.233 e. The molecule has 0 saturated heterocycles. The number of ether oxygens (including phenoxy) is 3. The van der Waals surface area contributed by atoms with Gasteiger partial charge in [0.25, 0.3) is 0 Å². The molecule has 0 radical (unpaired) electrons. The van der Waals surface area contributed by atoms with Crippen molar-refractivity contribution in [2.75, 3.05) is 18.3 Å². The third-order valence-corrected chi connectivity index (χ3v) is 5.93. The number of para-hydroxylation sites is 1. The Labute approximate surface area is 182 Å². The van der Waals surface area contributed by atoms with Crippen molar-refractivity contribution in [2.45, 2.75) is 19.9 Å². The van der Waals surface area contributed by atoms with Crippen molar-refractivity contribution < 1.29 is 23.4 Å². The van der Waals surface area contributed by atoms with Gasteiger partial charge in [-0.1, -0.05) is 23.5 Å². The lowest BCUT2D eigenvalue weighted by atomic mass is 10.1. The predicted molar refractivity (Wildman–Crippen MR) is 117 cm³/mol. The van der Waals surface area contributed by atoms with Crippen LogP contribution in [0.15, 0.2) is 59.2 Å². The average Bonchev–Trinajstić information content (AvgIpc) is 3.52. The van der Waals surface area contributed by atoms with Gasteiger partial charge in [-0.25, -0.2) is 4.98 Å². The molecule has 0 N–H and O–H groups in total. The summed E-state index contributed by atoms with van der Waals surface area (Å²) in [5.41, 5.74) is 1.60. The van der Waals surface area contributed by atoms with Crippen LogP contribution < -0.4 is 19.1 Å². The minimum Gasteiger partial charge on any atom is -0.492 e. The van der Waals surface area contributed by atoms with Crippen LogP contribution in [-0.2, 0) is 17.8 Å². The number of anilines is 1. The second kappa shape index (κ2) is 8.31. The van der Waals surface area contributed by atoms with E-state index in [2.05, 4.69) is 0 Å². The molecular formula is C23H20N2O5S. The number of fused-ring (bicyclic) bond motifs is 2. The third-order valence-electron chi connectivity index (χ3n) is 4.89. The number of hydrogen-bond acceptors (Lipinski definition) is 7. The number of carbonyl (C=O) groups is 1. The molecular weight excluding hydrogens is 416 g/mol. The summed E-state index contributed by atoms with van der Waals surface area (Å²) in [5, 5.41) is 0.601. The van der Waals surface area contributed by atoms with Gasteiger partial charge in [-0.3, -0.25) is 9.69 Å². The molecule has 0 unspecified atom stereocenters. The molecule has 7 nitrogen and oxygen atoms in total. The van der Waals surface area contributed by atoms with E-state index in [-0.39, 0.29) is 19.1 Å². The number of thiazole rings is 1. The monoisotopic (exact) mass is 436 g/mol. The second-order valence-corrected chi connectivity index (χ2v) is 7.97. The maximum Gasteiger partial charge on any atom is 0.233 e. The number of benzene rings is 2. The van der Waals surface area contributed by atoms with Gasteiger partial charge in [0, 0.05) is 0 Å². The Kier molecular flexibility index (Phi) is 5.21. The second-order valence-electron chi connectivity index (χ2n) is 6.96. The van der Waals surface area contributed by atoms with Crippen molar-refractivity contribution in [1.29, 1.82) is 0 Å². The van der Waals surface area contributed by atoms with Crippen LogP contribution in [0, 0.1) is 0 Å². The first kappa shape index (κ1) is 19.4. The lowest BCUT2D eigenvalue weighted by Crippen LogP contribution is -2.31. The lowest BCUT2D eigenvalue weighted by Gasteiger charge is -2.19. The van der Waals surface area contributed by atoms with Crippen molar-refractivity contribution in [3.8, 4) is 17.2 Å². The van der Waals surface area contributed by atoms with Crippen LogP contribution >= 0.6 is 11.3 Å². The molecule has 158 valence electrons. The Morgan fingerprint density at radius 2 is 2.06 bits per heavy atom. The van der Waals surface area contributed by atoms with Gasteiger partial charge in [0.2, 0.25) is 12.7 Å². The molecule has 5 rings (SSSR count). The molecule has 1 amide bonds. The SMILES string of the molecule is CCOc1cccc2sc(N(Cc3ccco3)C(=O)Cc3ccc4c(c3)OCO4)nc12. The van der Waals surface area contributed by atoms with E-state index >= 15 is 0 Å². The summed E-state index contributed by atoms with van der Waals surface area (Å²) in [4.78, 5) is 19.8. The molecule has 8 heteroatoms. The van der Waals surface area contributed by atoms with Gasteiger partial charge in [-0.05, 0) is 48.9 Å². The topological polar surface area (TPSA) is 74.0 Å². The fraction of sp³-hybridized carbons (Fsp3) is 0.217. The van der Waals surface area contributed by atoms with Gasteiger partial charge in [0.05, 0.1) is 30.5 Å². The first-order chi connectivity index (χ1) is 15.2. The van der Waals surface area contributed by atoms with Crippen LogP contribution in [0.4, 0.5) is 5.13 Å². The van der Waals surface area contributed by atoms with Crippen molar-refractivity contribution in [1.82, 2.24) is 4.98 Å².